The van der Waals surface area contributed by atoms with Crippen LogP contribution in [0.15, 0.2) is 27.4 Å². The third-order valence-corrected chi connectivity index (χ3v) is 2.51. The molecule has 0 aliphatic rings. The first kappa shape index (κ1) is 9.72. The fraction of sp³-hybridized carbons (Fsp3) is 0.111. The Hall–Kier alpha value is -1.82. The minimum Gasteiger partial charge on any atom is -0.414 e. The van der Waals surface area contributed by atoms with Crippen LogP contribution in [0.5, 0.6) is 5.75 Å². The van der Waals surface area contributed by atoms with Crippen LogP contribution in [0.3, 0.4) is 0 Å². The van der Waals surface area contributed by atoms with Gasteiger partial charge in [0.2, 0.25) is 0 Å². The molecule has 1 amide bonds. The number of nitrogens with one attached hydrogen (secondary N) is 1. The van der Waals surface area contributed by atoms with Crippen molar-refractivity contribution >= 4 is 27.7 Å². The van der Waals surface area contributed by atoms with Crippen molar-refractivity contribution in [3.63, 3.8) is 0 Å². The Kier molecular flexibility index (Phi) is 2.42. The summed E-state index contributed by atoms with van der Waals surface area (Å²) in [7, 11) is 1.47. The van der Waals surface area contributed by atoms with Crippen LogP contribution < -0.4 is 15.0 Å². The Bertz CT molecular complexity index is 556. The number of amides is 1. The van der Waals surface area contributed by atoms with Crippen LogP contribution in [0.2, 0.25) is 0 Å². The number of fused-ring (bicyclic) bond motifs is 1. The second kappa shape index (κ2) is 3.74. The zero-order valence-corrected chi connectivity index (χ0v) is 8.59. The molecule has 0 aliphatic heterocycles. The number of rotatable bonds is 1. The minimum atomic E-state index is -0.551. The maximum Gasteiger partial charge on any atom is 0.412 e. The van der Waals surface area contributed by atoms with Gasteiger partial charge in [-0.1, -0.05) is 11.3 Å². The Balaban J connectivity index is 2.38. The van der Waals surface area contributed by atoms with E-state index in [-0.39, 0.29) is 4.94 Å². The molecule has 0 atom stereocenters. The van der Waals surface area contributed by atoms with E-state index in [0.717, 1.165) is 11.3 Å². The number of ether oxygens (including phenoxy) is 1. The van der Waals surface area contributed by atoms with Gasteiger partial charge in [0, 0.05) is 13.1 Å². The lowest BCUT2D eigenvalue weighted by atomic mass is 10.3. The second-order valence-electron chi connectivity index (χ2n) is 2.70. The van der Waals surface area contributed by atoms with Crippen molar-refractivity contribution in [2.45, 2.75) is 0 Å². The fourth-order valence-corrected chi connectivity index (χ4v) is 1.77. The molecule has 0 bridgehead atoms. The molecule has 2 rings (SSSR count). The van der Waals surface area contributed by atoms with E-state index in [1.807, 2.05) is 0 Å². The van der Waals surface area contributed by atoms with E-state index >= 15 is 0 Å². The highest BCUT2D eigenvalue weighted by molar-refractivity contribution is 7.16. The van der Waals surface area contributed by atoms with Crippen LogP contribution >= 0.6 is 11.3 Å². The molecule has 5 nitrogen and oxygen atoms in total. The van der Waals surface area contributed by atoms with E-state index in [1.54, 1.807) is 18.2 Å². The minimum absolute atomic E-state index is 0.373. The molecule has 1 N–H and O–H groups in total. The van der Waals surface area contributed by atoms with E-state index in [4.69, 9.17) is 9.15 Å². The van der Waals surface area contributed by atoms with E-state index in [2.05, 4.69) is 5.32 Å². The van der Waals surface area contributed by atoms with Crippen LogP contribution in [0.4, 0.5) is 4.79 Å². The van der Waals surface area contributed by atoms with Crippen molar-refractivity contribution < 1.29 is 13.9 Å². The zero-order valence-electron chi connectivity index (χ0n) is 7.77. The first-order valence-electron chi connectivity index (χ1n) is 4.12. The van der Waals surface area contributed by atoms with Crippen LogP contribution in [0.25, 0.3) is 10.3 Å². The highest BCUT2D eigenvalue weighted by atomic mass is 32.1. The number of hydrogen-bond donors (Lipinski definition) is 1. The summed E-state index contributed by atoms with van der Waals surface area (Å²) < 4.78 is 10.4. The molecule has 0 radical (unpaired) electrons. The molecule has 0 spiro atoms. The Labute approximate surface area is 88.3 Å². The van der Waals surface area contributed by atoms with Crippen molar-refractivity contribution in [3.05, 3.63) is 27.9 Å². The molecular weight excluding hydrogens is 218 g/mol. The van der Waals surface area contributed by atoms with Crippen LogP contribution in [0.1, 0.15) is 0 Å². The Morgan fingerprint density at radius 2 is 2.33 bits per heavy atom. The first-order valence-corrected chi connectivity index (χ1v) is 4.94. The summed E-state index contributed by atoms with van der Waals surface area (Å²) in [5.74, 6) is 0.374. The molecule has 1 heterocycles. The second-order valence-corrected chi connectivity index (χ2v) is 3.68. The Morgan fingerprint density at radius 3 is 3.07 bits per heavy atom. The third-order valence-electron chi connectivity index (χ3n) is 1.72. The van der Waals surface area contributed by atoms with Gasteiger partial charge < -0.3 is 14.5 Å². The molecule has 78 valence electrons. The summed E-state index contributed by atoms with van der Waals surface area (Å²) in [6, 6.07) is 4.74. The lowest BCUT2D eigenvalue weighted by molar-refractivity contribution is 0.203. The third kappa shape index (κ3) is 1.99. The summed E-state index contributed by atoms with van der Waals surface area (Å²) in [6.45, 7) is 0. The lowest BCUT2D eigenvalue weighted by Crippen LogP contribution is -2.21. The molecule has 6 heteroatoms. The number of carbonyl (C=O) groups excluding carboxylic acids is 1. The standard InChI is InChI=1S/C9H7NO4S/c1-10-8(11)13-5-2-3-6-7(4-5)15-9(12)14-6/h2-4H,1H3,(H,10,11). The first-order chi connectivity index (χ1) is 7.19. The van der Waals surface area contributed by atoms with E-state index < -0.39 is 6.09 Å². The highest BCUT2D eigenvalue weighted by Crippen LogP contribution is 2.22. The van der Waals surface area contributed by atoms with Gasteiger partial charge in [-0.3, -0.25) is 0 Å². The van der Waals surface area contributed by atoms with Gasteiger partial charge >= 0.3 is 11.0 Å². The summed E-state index contributed by atoms with van der Waals surface area (Å²) in [6.07, 6.45) is -0.551. The number of hydrogen-bond acceptors (Lipinski definition) is 5. The maximum atomic E-state index is 10.9. The summed E-state index contributed by atoms with van der Waals surface area (Å²) in [4.78, 5) is 21.4. The fourth-order valence-electron chi connectivity index (χ4n) is 1.07. The molecule has 0 saturated heterocycles. The highest BCUT2D eigenvalue weighted by Gasteiger charge is 2.06. The van der Waals surface area contributed by atoms with Crippen LogP contribution in [0, 0.1) is 0 Å². The summed E-state index contributed by atoms with van der Waals surface area (Å²) in [5.41, 5.74) is 0.495. The number of benzene rings is 1. The lowest BCUT2D eigenvalue weighted by Gasteiger charge is -2.01. The quantitative estimate of drug-likeness (QED) is 0.799. The zero-order chi connectivity index (χ0) is 10.8. The smallest absolute Gasteiger partial charge is 0.412 e. The normalized spacial score (nSPS) is 10.2. The molecule has 0 fully saturated rings. The molecule has 0 aliphatic carbocycles. The largest absolute Gasteiger partial charge is 0.414 e. The van der Waals surface area contributed by atoms with Crippen molar-refractivity contribution in [1.29, 1.82) is 0 Å². The average molecular weight is 225 g/mol. The monoisotopic (exact) mass is 225 g/mol. The van der Waals surface area contributed by atoms with Crippen LogP contribution in [-0.2, 0) is 0 Å². The van der Waals surface area contributed by atoms with Crippen molar-refractivity contribution in [3.8, 4) is 5.75 Å². The maximum absolute atomic E-state index is 10.9. The average Bonchev–Trinajstić information content (AvgIpc) is 2.57. The van der Waals surface area contributed by atoms with Gasteiger partial charge in [-0.05, 0) is 12.1 Å². The predicted molar refractivity (Wildman–Crippen MR) is 55.4 cm³/mol. The topological polar surface area (TPSA) is 68.5 Å². The summed E-state index contributed by atoms with van der Waals surface area (Å²) >= 11 is 0.967. The van der Waals surface area contributed by atoms with Gasteiger partial charge in [-0.15, -0.1) is 0 Å². The van der Waals surface area contributed by atoms with Gasteiger partial charge in [0.1, 0.15) is 11.3 Å². The SMILES string of the molecule is CNC(=O)Oc1ccc2oc(=O)sc2c1. The van der Waals surface area contributed by atoms with Crippen molar-refractivity contribution in [2.24, 2.45) is 0 Å². The van der Waals surface area contributed by atoms with Gasteiger partial charge in [-0.2, -0.15) is 0 Å². The van der Waals surface area contributed by atoms with Crippen molar-refractivity contribution in [2.75, 3.05) is 7.05 Å². The van der Waals surface area contributed by atoms with Crippen molar-refractivity contribution in [1.82, 2.24) is 5.32 Å². The Morgan fingerprint density at radius 1 is 1.53 bits per heavy atom. The molecule has 0 unspecified atom stereocenters. The molecule has 1 aromatic carbocycles. The molecule has 0 saturated carbocycles. The van der Waals surface area contributed by atoms with Gasteiger partial charge in [0.05, 0.1) is 4.70 Å². The van der Waals surface area contributed by atoms with Crippen LogP contribution in [-0.4, -0.2) is 13.1 Å². The number of carbonyl (C=O) groups is 1. The van der Waals surface area contributed by atoms with Gasteiger partial charge in [-0.25, -0.2) is 9.59 Å². The van der Waals surface area contributed by atoms with E-state index in [0.29, 0.717) is 16.0 Å². The van der Waals surface area contributed by atoms with E-state index in [1.165, 1.54) is 7.05 Å². The predicted octanol–water partition coefficient (Wildman–Crippen LogP) is 1.57. The summed E-state index contributed by atoms with van der Waals surface area (Å²) in [5, 5.41) is 2.32. The molecule has 1 aromatic heterocycles. The molecular formula is C9H7NO4S. The van der Waals surface area contributed by atoms with Gasteiger partial charge in [0.15, 0.2) is 0 Å². The molecule has 15 heavy (non-hydrogen) atoms. The van der Waals surface area contributed by atoms with Gasteiger partial charge in [0.25, 0.3) is 0 Å². The molecule has 2 aromatic rings. The van der Waals surface area contributed by atoms with E-state index in [9.17, 15) is 9.59 Å².